The Morgan fingerprint density at radius 2 is 1.31 bits per heavy atom. The van der Waals surface area contributed by atoms with Crippen LogP contribution >= 0.6 is 0 Å². The van der Waals surface area contributed by atoms with Gasteiger partial charge in [-0.2, -0.15) is 0 Å². The Labute approximate surface area is 102 Å². The van der Waals surface area contributed by atoms with Crippen LogP contribution in [0.25, 0.3) is 0 Å². The van der Waals surface area contributed by atoms with E-state index in [0.29, 0.717) is 0 Å². The van der Waals surface area contributed by atoms with Crippen LogP contribution in [0, 0.1) is 0 Å². The topological polar surface area (TPSA) is 9.23 Å². The van der Waals surface area contributed by atoms with E-state index in [-0.39, 0.29) is 0 Å². The first-order valence-corrected chi connectivity index (χ1v) is 6.61. The standard InChI is InChI=1S/C9H10O.3C2H6/c1-2-4-9-7-10-6-5-8(9)3-1;3*1-2/h1-4H,5-7H2;3*1-2H3. The zero-order valence-corrected chi connectivity index (χ0v) is 11.8. The SMILES string of the molecule is CC.CC.CC.c1ccc2c(c1)CCOC2. The summed E-state index contributed by atoms with van der Waals surface area (Å²) in [6.07, 6.45) is 1.08. The van der Waals surface area contributed by atoms with Crippen molar-refractivity contribution in [2.45, 2.75) is 54.6 Å². The summed E-state index contributed by atoms with van der Waals surface area (Å²) in [5.41, 5.74) is 2.81. The number of hydrogen-bond donors (Lipinski definition) is 0. The Hall–Kier alpha value is -0.820. The smallest absolute Gasteiger partial charge is 0.0719 e. The van der Waals surface area contributed by atoms with Crippen molar-refractivity contribution in [3.63, 3.8) is 0 Å². The zero-order valence-electron chi connectivity index (χ0n) is 11.8. The number of rotatable bonds is 0. The molecule has 0 aromatic heterocycles. The van der Waals surface area contributed by atoms with Crippen LogP contribution in [-0.2, 0) is 17.8 Å². The van der Waals surface area contributed by atoms with Gasteiger partial charge in [-0.1, -0.05) is 65.8 Å². The van der Waals surface area contributed by atoms with Gasteiger partial charge in [0.05, 0.1) is 13.2 Å². The number of ether oxygens (including phenoxy) is 1. The van der Waals surface area contributed by atoms with Gasteiger partial charge < -0.3 is 4.74 Å². The molecule has 0 atom stereocenters. The van der Waals surface area contributed by atoms with E-state index in [4.69, 9.17) is 4.74 Å². The molecule has 0 aliphatic carbocycles. The van der Waals surface area contributed by atoms with Crippen LogP contribution in [0.2, 0.25) is 0 Å². The van der Waals surface area contributed by atoms with Gasteiger partial charge >= 0.3 is 0 Å². The molecule has 1 aliphatic heterocycles. The molecule has 1 aliphatic rings. The predicted octanol–water partition coefficient (Wildman–Crippen LogP) is 4.84. The molecule has 0 amide bonds. The lowest BCUT2D eigenvalue weighted by Gasteiger charge is -2.14. The summed E-state index contributed by atoms with van der Waals surface area (Å²) in [6, 6.07) is 8.46. The average Bonchev–Trinajstić information content (AvgIpc) is 2.45. The Kier molecular flexibility index (Phi) is 15.6. The molecule has 0 radical (unpaired) electrons. The fourth-order valence-electron chi connectivity index (χ4n) is 1.31. The molecule has 2 rings (SSSR count). The molecule has 0 spiro atoms. The maximum Gasteiger partial charge on any atom is 0.0719 e. The van der Waals surface area contributed by atoms with Crippen molar-refractivity contribution in [2.75, 3.05) is 6.61 Å². The summed E-state index contributed by atoms with van der Waals surface area (Å²) < 4.78 is 5.30. The maximum absolute atomic E-state index is 5.30. The lowest BCUT2D eigenvalue weighted by atomic mass is 10.0. The largest absolute Gasteiger partial charge is 0.376 e. The van der Waals surface area contributed by atoms with E-state index < -0.39 is 0 Å². The van der Waals surface area contributed by atoms with Crippen LogP contribution in [0.3, 0.4) is 0 Å². The minimum Gasteiger partial charge on any atom is -0.376 e. The van der Waals surface area contributed by atoms with Gasteiger partial charge in [0, 0.05) is 0 Å². The number of hydrogen-bond acceptors (Lipinski definition) is 1. The van der Waals surface area contributed by atoms with E-state index in [2.05, 4.69) is 24.3 Å². The Balaban J connectivity index is 0. The van der Waals surface area contributed by atoms with Crippen LogP contribution in [0.1, 0.15) is 52.7 Å². The molecule has 1 aromatic carbocycles. The Bertz CT molecular complexity index is 206. The van der Waals surface area contributed by atoms with Crippen molar-refractivity contribution in [1.82, 2.24) is 0 Å². The van der Waals surface area contributed by atoms with Crippen molar-refractivity contribution in [2.24, 2.45) is 0 Å². The third-order valence-electron chi connectivity index (χ3n) is 1.89. The molecule has 0 saturated heterocycles. The van der Waals surface area contributed by atoms with Crippen molar-refractivity contribution >= 4 is 0 Å². The molecular formula is C15H28O. The lowest BCUT2D eigenvalue weighted by molar-refractivity contribution is 0.111. The van der Waals surface area contributed by atoms with Crippen molar-refractivity contribution in [3.05, 3.63) is 35.4 Å². The highest BCUT2D eigenvalue weighted by molar-refractivity contribution is 5.27. The first kappa shape index (κ1) is 17.6. The van der Waals surface area contributed by atoms with Crippen LogP contribution < -0.4 is 0 Å². The van der Waals surface area contributed by atoms with E-state index in [1.807, 2.05) is 41.5 Å². The summed E-state index contributed by atoms with van der Waals surface area (Å²) in [4.78, 5) is 0. The van der Waals surface area contributed by atoms with Crippen LogP contribution in [-0.4, -0.2) is 6.61 Å². The minimum absolute atomic E-state index is 0.802. The van der Waals surface area contributed by atoms with Gasteiger partial charge in [0.25, 0.3) is 0 Å². The van der Waals surface area contributed by atoms with Crippen LogP contribution in [0.5, 0.6) is 0 Å². The molecule has 16 heavy (non-hydrogen) atoms. The molecule has 0 fully saturated rings. The van der Waals surface area contributed by atoms with Crippen molar-refractivity contribution < 1.29 is 4.74 Å². The van der Waals surface area contributed by atoms with Gasteiger partial charge in [-0.05, 0) is 17.5 Å². The van der Waals surface area contributed by atoms with Gasteiger partial charge in [-0.3, -0.25) is 0 Å². The van der Waals surface area contributed by atoms with Gasteiger partial charge in [-0.15, -0.1) is 0 Å². The van der Waals surface area contributed by atoms with Crippen molar-refractivity contribution in [3.8, 4) is 0 Å². The Morgan fingerprint density at radius 3 is 1.81 bits per heavy atom. The zero-order chi connectivity index (χ0) is 12.8. The monoisotopic (exact) mass is 224 g/mol. The summed E-state index contributed by atoms with van der Waals surface area (Å²) in [6.45, 7) is 13.7. The van der Waals surface area contributed by atoms with E-state index in [9.17, 15) is 0 Å². The summed E-state index contributed by atoms with van der Waals surface area (Å²) in [7, 11) is 0. The second kappa shape index (κ2) is 14.2. The van der Waals surface area contributed by atoms with E-state index in [1.54, 1.807) is 0 Å². The van der Waals surface area contributed by atoms with Gasteiger partial charge in [-0.25, -0.2) is 0 Å². The fraction of sp³-hybridized carbons (Fsp3) is 0.600. The summed E-state index contributed by atoms with van der Waals surface area (Å²) >= 11 is 0. The first-order valence-electron chi connectivity index (χ1n) is 6.61. The number of benzene rings is 1. The Morgan fingerprint density at radius 1 is 0.812 bits per heavy atom. The fourth-order valence-corrected chi connectivity index (χ4v) is 1.31. The van der Waals surface area contributed by atoms with Crippen molar-refractivity contribution in [1.29, 1.82) is 0 Å². The van der Waals surface area contributed by atoms with E-state index >= 15 is 0 Å². The van der Waals surface area contributed by atoms with E-state index in [1.165, 1.54) is 11.1 Å². The second-order valence-electron chi connectivity index (χ2n) is 2.57. The first-order chi connectivity index (χ1) is 7.97. The third-order valence-corrected chi connectivity index (χ3v) is 1.89. The van der Waals surface area contributed by atoms with E-state index in [0.717, 1.165) is 19.6 Å². The molecule has 1 heterocycles. The molecule has 0 N–H and O–H groups in total. The molecule has 1 heteroatoms. The average molecular weight is 224 g/mol. The summed E-state index contributed by atoms with van der Waals surface area (Å²) in [5.74, 6) is 0. The molecule has 1 nitrogen and oxygen atoms in total. The third kappa shape index (κ3) is 6.62. The summed E-state index contributed by atoms with van der Waals surface area (Å²) in [5, 5.41) is 0. The second-order valence-corrected chi connectivity index (χ2v) is 2.57. The van der Waals surface area contributed by atoms with Gasteiger partial charge in [0.1, 0.15) is 0 Å². The quantitative estimate of drug-likeness (QED) is 0.613. The number of fused-ring (bicyclic) bond motifs is 1. The molecule has 1 aromatic rings. The molecule has 0 bridgehead atoms. The van der Waals surface area contributed by atoms with Crippen LogP contribution in [0.4, 0.5) is 0 Å². The van der Waals surface area contributed by atoms with Gasteiger partial charge in [0.2, 0.25) is 0 Å². The minimum atomic E-state index is 0.802. The predicted molar refractivity (Wildman–Crippen MR) is 73.8 cm³/mol. The molecular weight excluding hydrogens is 196 g/mol. The molecule has 0 saturated carbocycles. The highest BCUT2D eigenvalue weighted by atomic mass is 16.5. The lowest BCUT2D eigenvalue weighted by Crippen LogP contribution is -2.08. The van der Waals surface area contributed by atoms with Crippen LogP contribution in [0.15, 0.2) is 24.3 Å². The highest BCUT2D eigenvalue weighted by Crippen LogP contribution is 2.14. The molecule has 94 valence electrons. The normalized spacial score (nSPS) is 11.4. The molecule has 0 unspecified atom stereocenters. The highest BCUT2D eigenvalue weighted by Gasteiger charge is 2.06. The maximum atomic E-state index is 5.30. The van der Waals surface area contributed by atoms with Gasteiger partial charge in [0.15, 0.2) is 0 Å².